The minimum atomic E-state index is -0.215. The molecule has 1 saturated heterocycles. The molecule has 0 radical (unpaired) electrons. The number of hydrogen-bond acceptors (Lipinski definition) is 2. The maximum absolute atomic E-state index is 12.7. The van der Waals surface area contributed by atoms with E-state index in [1.165, 1.54) is 12.8 Å². The molecule has 0 unspecified atom stereocenters. The third-order valence-corrected chi connectivity index (χ3v) is 4.61. The molecule has 1 aliphatic heterocycles. The van der Waals surface area contributed by atoms with Crippen LogP contribution >= 0.6 is 0 Å². The lowest BCUT2D eigenvalue weighted by atomic mass is 9.92. The summed E-state index contributed by atoms with van der Waals surface area (Å²) in [6, 6.07) is 10.1. The standard InChI is InChI=1S/C21H29NO2/c1-3-5-7-14-20-16-10-15-19(11-4-2)22(20)21(23)24-17-18-12-8-6-9-13-18/h6,8-9,12-13,19-20H,3,5,7,10,14-17H2,1-2H3/t19-,20+/m0/s1. The van der Waals surface area contributed by atoms with Gasteiger partial charge in [0.15, 0.2) is 0 Å². The summed E-state index contributed by atoms with van der Waals surface area (Å²) in [7, 11) is 0. The van der Waals surface area contributed by atoms with Gasteiger partial charge in [-0.05, 0) is 38.2 Å². The number of piperidine rings is 1. The zero-order valence-corrected chi connectivity index (χ0v) is 15.0. The van der Waals surface area contributed by atoms with E-state index in [-0.39, 0.29) is 18.2 Å². The van der Waals surface area contributed by atoms with Crippen LogP contribution in [-0.4, -0.2) is 23.1 Å². The summed E-state index contributed by atoms with van der Waals surface area (Å²) in [6.07, 6.45) is 7.56. The van der Waals surface area contributed by atoms with Crippen LogP contribution in [0.4, 0.5) is 4.79 Å². The first-order valence-electron chi connectivity index (χ1n) is 9.17. The van der Waals surface area contributed by atoms with E-state index >= 15 is 0 Å². The van der Waals surface area contributed by atoms with E-state index in [2.05, 4.69) is 18.8 Å². The van der Waals surface area contributed by atoms with E-state index in [4.69, 9.17) is 4.74 Å². The molecule has 1 fully saturated rings. The molecule has 2 atom stereocenters. The van der Waals surface area contributed by atoms with Gasteiger partial charge in [0.1, 0.15) is 6.61 Å². The zero-order valence-electron chi connectivity index (χ0n) is 15.0. The lowest BCUT2D eigenvalue weighted by Crippen LogP contribution is -2.49. The number of carbonyl (C=O) groups is 1. The molecular formula is C21H29NO2. The summed E-state index contributed by atoms with van der Waals surface area (Å²) in [5.41, 5.74) is 1.02. The Morgan fingerprint density at radius 1 is 1.25 bits per heavy atom. The van der Waals surface area contributed by atoms with Crippen LogP contribution in [0.15, 0.2) is 30.3 Å². The molecule has 0 aliphatic carbocycles. The highest BCUT2D eigenvalue weighted by atomic mass is 16.6. The number of benzene rings is 1. The summed E-state index contributed by atoms with van der Waals surface area (Å²) < 4.78 is 5.60. The summed E-state index contributed by atoms with van der Waals surface area (Å²) in [5.74, 6) is 6.19. The van der Waals surface area contributed by atoms with Crippen LogP contribution in [0.25, 0.3) is 0 Å². The monoisotopic (exact) mass is 327 g/mol. The van der Waals surface area contributed by atoms with Gasteiger partial charge in [0.2, 0.25) is 0 Å². The lowest BCUT2D eigenvalue weighted by molar-refractivity contribution is 0.0519. The number of likely N-dealkylation sites (tertiary alicyclic amines) is 1. The highest BCUT2D eigenvalue weighted by molar-refractivity contribution is 5.69. The fourth-order valence-corrected chi connectivity index (χ4v) is 3.37. The molecule has 2 rings (SSSR count). The van der Waals surface area contributed by atoms with Crippen molar-refractivity contribution in [2.45, 2.75) is 77.5 Å². The van der Waals surface area contributed by atoms with Crippen molar-refractivity contribution < 1.29 is 9.53 Å². The summed E-state index contributed by atoms with van der Waals surface area (Å²) in [6.45, 7) is 4.37. The molecule has 0 bridgehead atoms. The number of nitrogens with zero attached hydrogens (tertiary/aromatic N) is 1. The highest BCUT2D eigenvalue weighted by Crippen LogP contribution is 2.27. The van der Waals surface area contributed by atoms with Crippen molar-refractivity contribution in [1.29, 1.82) is 0 Å². The molecule has 0 spiro atoms. The smallest absolute Gasteiger partial charge is 0.411 e. The van der Waals surface area contributed by atoms with Crippen molar-refractivity contribution >= 4 is 6.09 Å². The molecule has 1 amide bonds. The van der Waals surface area contributed by atoms with E-state index in [0.29, 0.717) is 6.61 Å². The maximum atomic E-state index is 12.7. The van der Waals surface area contributed by atoms with Crippen molar-refractivity contribution in [3.63, 3.8) is 0 Å². The summed E-state index contributed by atoms with van der Waals surface area (Å²) in [4.78, 5) is 14.7. The molecule has 3 heteroatoms. The molecule has 1 heterocycles. The Bertz CT molecular complexity index is 558. The Balaban J connectivity index is 2.02. The van der Waals surface area contributed by atoms with Crippen molar-refractivity contribution in [2.24, 2.45) is 0 Å². The largest absolute Gasteiger partial charge is 0.445 e. The highest BCUT2D eigenvalue weighted by Gasteiger charge is 2.34. The van der Waals surface area contributed by atoms with Crippen LogP contribution in [-0.2, 0) is 11.3 Å². The van der Waals surface area contributed by atoms with E-state index in [9.17, 15) is 4.79 Å². The van der Waals surface area contributed by atoms with Gasteiger partial charge in [0.05, 0.1) is 6.04 Å². The summed E-state index contributed by atoms with van der Waals surface area (Å²) >= 11 is 0. The average Bonchev–Trinajstić information content (AvgIpc) is 2.61. The van der Waals surface area contributed by atoms with Crippen LogP contribution in [0.3, 0.4) is 0 Å². The molecule has 1 aromatic rings. The van der Waals surface area contributed by atoms with Gasteiger partial charge in [-0.25, -0.2) is 4.79 Å². The molecular weight excluding hydrogens is 298 g/mol. The Morgan fingerprint density at radius 2 is 2.04 bits per heavy atom. The molecule has 0 N–H and O–H groups in total. The molecule has 0 saturated carbocycles. The second-order valence-electron chi connectivity index (χ2n) is 6.44. The minimum absolute atomic E-state index is 0.00125. The Hall–Kier alpha value is -1.95. The Morgan fingerprint density at radius 3 is 2.75 bits per heavy atom. The van der Waals surface area contributed by atoms with E-state index in [1.54, 1.807) is 0 Å². The first-order chi connectivity index (χ1) is 11.8. The normalized spacial score (nSPS) is 20.2. The predicted octanol–water partition coefficient (Wildman–Crippen LogP) is 5.15. The van der Waals surface area contributed by atoms with Crippen LogP contribution in [0.2, 0.25) is 0 Å². The molecule has 1 aliphatic rings. The first-order valence-corrected chi connectivity index (χ1v) is 9.17. The van der Waals surface area contributed by atoms with E-state index < -0.39 is 0 Å². The van der Waals surface area contributed by atoms with Crippen molar-refractivity contribution in [3.8, 4) is 11.8 Å². The van der Waals surface area contributed by atoms with Crippen LogP contribution in [0, 0.1) is 11.8 Å². The number of rotatable bonds is 6. The number of carbonyl (C=O) groups excluding carboxylic acids is 1. The number of ether oxygens (including phenoxy) is 1. The predicted molar refractivity (Wildman–Crippen MR) is 97.5 cm³/mol. The number of amides is 1. The number of unbranched alkanes of at least 4 members (excludes halogenated alkanes) is 2. The van der Waals surface area contributed by atoms with Gasteiger partial charge in [0, 0.05) is 6.04 Å². The van der Waals surface area contributed by atoms with Gasteiger partial charge in [-0.2, -0.15) is 0 Å². The zero-order chi connectivity index (χ0) is 17.2. The molecule has 24 heavy (non-hydrogen) atoms. The lowest BCUT2D eigenvalue weighted by Gasteiger charge is -2.39. The molecule has 130 valence electrons. The van der Waals surface area contributed by atoms with E-state index in [1.807, 2.05) is 42.2 Å². The fourth-order valence-electron chi connectivity index (χ4n) is 3.37. The van der Waals surface area contributed by atoms with Crippen molar-refractivity contribution in [2.75, 3.05) is 0 Å². The van der Waals surface area contributed by atoms with Gasteiger partial charge >= 0.3 is 6.09 Å². The van der Waals surface area contributed by atoms with Crippen LogP contribution in [0.1, 0.15) is 64.4 Å². The maximum Gasteiger partial charge on any atom is 0.411 e. The van der Waals surface area contributed by atoms with Crippen LogP contribution < -0.4 is 0 Å². The Kier molecular flexibility index (Phi) is 7.68. The van der Waals surface area contributed by atoms with Gasteiger partial charge < -0.3 is 4.74 Å². The fraction of sp³-hybridized carbons (Fsp3) is 0.571. The molecule has 0 aromatic heterocycles. The third-order valence-electron chi connectivity index (χ3n) is 4.61. The minimum Gasteiger partial charge on any atom is -0.445 e. The number of hydrogen-bond donors (Lipinski definition) is 0. The molecule has 1 aromatic carbocycles. The van der Waals surface area contributed by atoms with Gasteiger partial charge in [-0.15, -0.1) is 5.92 Å². The van der Waals surface area contributed by atoms with Crippen molar-refractivity contribution in [1.82, 2.24) is 4.90 Å². The van der Waals surface area contributed by atoms with E-state index in [0.717, 1.165) is 37.7 Å². The van der Waals surface area contributed by atoms with Crippen molar-refractivity contribution in [3.05, 3.63) is 35.9 Å². The van der Waals surface area contributed by atoms with Gasteiger partial charge in [0.25, 0.3) is 0 Å². The Labute approximate surface area is 146 Å². The second kappa shape index (κ2) is 10.0. The third kappa shape index (κ3) is 5.30. The SMILES string of the molecule is CC#C[C@H]1CCC[C@@H](CCCCC)N1C(=O)OCc1ccccc1. The summed E-state index contributed by atoms with van der Waals surface area (Å²) in [5, 5.41) is 0. The topological polar surface area (TPSA) is 29.5 Å². The van der Waals surface area contributed by atoms with Gasteiger partial charge in [-0.3, -0.25) is 4.90 Å². The van der Waals surface area contributed by atoms with Gasteiger partial charge in [-0.1, -0.05) is 62.4 Å². The first kappa shape index (κ1) is 18.4. The molecule has 3 nitrogen and oxygen atoms in total. The van der Waals surface area contributed by atoms with Crippen LogP contribution in [0.5, 0.6) is 0 Å². The second-order valence-corrected chi connectivity index (χ2v) is 6.44. The average molecular weight is 327 g/mol. The quantitative estimate of drug-likeness (QED) is 0.534.